The van der Waals surface area contributed by atoms with Gasteiger partial charge in [-0.05, 0) is 31.0 Å². The topological polar surface area (TPSA) is 41.1 Å². The van der Waals surface area contributed by atoms with Crippen LogP contribution in [0.2, 0.25) is 0 Å². The first kappa shape index (κ1) is 13.0. The zero-order chi connectivity index (χ0) is 13.1. The smallest absolute Gasteiger partial charge is 0.228 e. The quantitative estimate of drug-likeness (QED) is 0.849. The van der Waals surface area contributed by atoms with Gasteiger partial charge in [0.05, 0.1) is 11.6 Å². The zero-order valence-corrected chi connectivity index (χ0v) is 10.2. The van der Waals surface area contributed by atoms with Gasteiger partial charge in [0, 0.05) is 6.54 Å². The van der Waals surface area contributed by atoms with E-state index in [9.17, 15) is 13.6 Å². The van der Waals surface area contributed by atoms with Crippen molar-refractivity contribution < 1.29 is 13.6 Å². The van der Waals surface area contributed by atoms with Gasteiger partial charge in [-0.3, -0.25) is 4.79 Å². The van der Waals surface area contributed by atoms with Crippen molar-refractivity contribution in [3.63, 3.8) is 0 Å². The van der Waals surface area contributed by atoms with Crippen LogP contribution in [0.5, 0.6) is 0 Å². The molecule has 0 aliphatic carbocycles. The molecule has 2 unspecified atom stereocenters. The van der Waals surface area contributed by atoms with Crippen LogP contribution in [-0.2, 0) is 4.79 Å². The first-order valence-corrected chi connectivity index (χ1v) is 6.03. The molecule has 2 rings (SSSR count). The molecule has 98 valence electrons. The normalized spacial score (nSPS) is 23.7. The second-order valence-electron chi connectivity index (χ2n) is 4.79. The maximum atomic E-state index is 13.4. The van der Waals surface area contributed by atoms with E-state index in [1.807, 2.05) is 0 Å². The number of carbonyl (C=O) groups is 1. The van der Waals surface area contributed by atoms with Crippen molar-refractivity contribution in [2.75, 3.05) is 18.4 Å². The summed E-state index contributed by atoms with van der Waals surface area (Å²) in [6.45, 7) is 3.51. The number of anilines is 1. The average molecular weight is 254 g/mol. The minimum absolute atomic E-state index is 0.0989. The van der Waals surface area contributed by atoms with Crippen LogP contribution in [0.1, 0.15) is 13.3 Å². The summed E-state index contributed by atoms with van der Waals surface area (Å²) in [5, 5.41) is 5.60. The first-order valence-electron chi connectivity index (χ1n) is 6.03. The van der Waals surface area contributed by atoms with Crippen molar-refractivity contribution >= 4 is 11.6 Å². The molecule has 5 heteroatoms. The highest BCUT2D eigenvalue weighted by Crippen LogP contribution is 2.20. The summed E-state index contributed by atoms with van der Waals surface area (Å²) in [4.78, 5) is 11.9. The summed E-state index contributed by atoms with van der Waals surface area (Å²) in [5.41, 5.74) is -0.0989. The Hall–Kier alpha value is -1.49. The zero-order valence-electron chi connectivity index (χ0n) is 10.2. The molecule has 1 aromatic carbocycles. The summed E-state index contributed by atoms with van der Waals surface area (Å²) in [7, 11) is 0. The molecular formula is C13H16F2N2O. The van der Waals surface area contributed by atoms with Crippen LogP contribution in [0.3, 0.4) is 0 Å². The van der Waals surface area contributed by atoms with Crippen molar-refractivity contribution in [1.82, 2.24) is 5.32 Å². The van der Waals surface area contributed by atoms with E-state index >= 15 is 0 Å². The monoisotopic (exact) mass is 254 g/mol. The predicted molar refractivity (Wildman–Crippen MR) is 65.1 cm³/mol. The van der Waals surface area contributed by atoms with Crippen molar-refractivity contribution in [1.29, 1.82) is 0 Å². The molecular weight excluding hydrogens is 238 g/mol. The largest absolute Gasteiger partial charge is 0.323 e. The number of nitrogens with one attached hydrogen (secondary N) is 2. The van der Waals surface area contributed by atoms with Crippen LogP contribution >= 0.6 is 0 Å². The predicted octanol–water partition coefficient (Wildman–Crippen LogP) is 2.15. The summed E-state index contributed by atoms with van der Waals surface area (Å²) in [5.74, 6) is -2.02. The minimum atomic E-state index is -1.01. The number of piperidine rings is 1. The maximum Gasteiger partial charge on any atom is 0.228 e. The number of hydrogen-bond acceptors (Lipinski definition) is 2. The fourth-order valence-corrected chi connectivity index (χ4v) is 2.19. The summed E-state index contributed by atoms with van der Waals surface area (Å²) in [6, 6.07) is 3.75. The number of rotatable bonds is 2. The molecule has 0 aromatic heterocycles. The van der Waals surface area contributed by atoms with E-state index in [1.54, 1.807) is 0 Å². The Morgan fingerprint density at radius 3 is 2.89 bits per heavy atom. The van der Waals surface area contributed by atoms with E-state index in [0.717, 1.165) is 19.0 Å². The fourth-order valence-electron chi connectivity index (χ4n) is 2.19. The van der Waals surface area contributed by atoms with E-state index in [2.05, 4.69) is 17.6 Å². The Balaban J connectivity index is 2.04. The molecule has 0 bridgehead atoms. The summed E-state index contributed by atoms with van der Waals surface area (Å²) >= 11 is 0. The van der Waals surface area contributed by atoms with Gasteiger partial charge in [-0.15, -0.1) is 0 Å². The van der Waals surface area contributed by atoms with Gasteiger partial charge >= 0.3 is 0 Å². The van der Waals surface area contributed by atoms with Crippen LogP contribution in [0.15, 0.2) is 18.2 Å². The van der Waals surface area contributed by atoms with Crippen LogP contribution in [0.4, 0.5) is 14.5 Å². The highest BCUT2D eigenvalue weighted by molar-refractivity contribution is 5.92. The number of amides is 1. The second-order valence-corrected chi connectivity index (χ2v) is 4.79. The molecule has 1 aliphatic rings. The molecule has 1 aliphatic heterocycles. The maximum absolute atomic E-state index is 13.4. The molecule has 1 aromatic rings. The van der Waals surface area contributed by atoms with Crippen LogP contribution < -0.4 is 10.6 Å². The molecule has 0 radical (unpaired) electrons. The molecule has 1 fully saturated rings. The number of benzene rings is 1. The Bertz CT molecular complexity index is 451. The van der Waals surface area contributed by atoms with Crippen LogP contribution in [0.25, 0.3) is 0 Å². The van der Waals surface area contributed by atoms with Crippen molar-refractivity contribution in [2.45, 2.75) is 13.3 Å². The number of hydrogen-bond donors (Lipinski definition) is 2. The third kappa shape index (κ3) is 2.85. The van der Waals surface area contributed by atoms with Gasteiger partial charge in [0.1, 0.15) is 0 Å². The Kier molecular flexibility index (Phi) is 3.91. The van der Waals surface area contributed by atoms with Gasteiger partial charge in [-0.25, -0.2) is 8.78 Å². The van der Waals surface area contributed by atoms with E-state index < -0.39 is 11.6 Å². The standard InChI is InChI=1S/C13H16F2N2O/c1-8-5-9(7-16-6-8)13(18)17-11-4-2-3-10(14)12(11)15/h2-4,8-9,16H,5-7H2,1H3,(H,17,18). The van der Waals surface area contributed by atoms with Gasteiger partial charge in [-0.1, -0.05) is 13.0 Å². The van der Waals surface area contributed by atoms with E-state index in [4.69, 9.17) is 0 Å². The Labute approximate surface area is 105 Å². The molecule has 1 amide bonds. The highest BCUT2D eigenvalue weighted by Gasteiger charge is 2.25. The fraction of sp³-hybridized carbons (Fsp3) is 0.462. The van der Waals surface area contributed by atoms with Gasteiger partial charge in [0.15, 0.2) is 11.6 Å². The van der Waals surface area contributed by atoms with Gasteiger partial charge in [0.25, 0.3) is 0 Å². The molecule has 0 spiro atoms. The van der Waals surface area contributed by atoms with Crippen molar-refractivity contribution in [3.05, 3.63) is 29.8 Å². The minimum Gasteiger partial charge on any atom is -0.323 e. The lowest BCUT2D eigenvalue weighted by molar-refractivity contribution is -0.120. The van der Waals surface area contributed by atoms with Gasteiger partial charge in [0.2, 0.25) is 5.91 Å². The molecule has 3 nitrogen and oxygen atoms in total. The van der Waals surface area contributed by atoms with Crippen molar-refractivity contribution in [3.8, 4) is 0 Å². The third-order valence-corrected chi connectivity index (χ3v) is 3.15. The molecule has 1 saturated heterocycles. The number of halogens is 2. The molecule has 2 atom stereocenters. The van der Waals surface area contributed by atoms with E-state index in [-0.39, 0.29) is 17.5 Å². The van der Waals surface area contributed by atoms with E-state index in [1.165, 1.54) is 12.1 Å². The lowest BCUT2D eigenvalue weighted by atomic mass is 9.91. The summed E-state index contributed by atoms with van der Waals surface area (Å²) in [6.07, 6.45) is 0.760. The molecule has 18 heavy (non-hydrogen) atoms. The Morgan fingerprint density at radius 1 is 1.39 bits per heavy atom. The number of carbonyl (C=O) groups excluding carboxylic acids is 1. The van der Waals surface area contributed by atoms with Crippen molar-refractivity contribution in [2.24, 2.45) is 11.8 Å². The lowest BCUT2D eigenvalue weighted by Crippen LogP contribution is -2.41. The molecule has 2 N–H and O–H groups in total. The molecule has 0 saturated carbocycles. The first-order chi connectivity index (χ1) is 8.58. The molecule has 1 heterocycles. The highest BCUT2D eigenvalue weighted by atomic mass is 19.2. The van der Waals surface area contributed by atoms with Gasteiger partial charge < -0.3 is 10.6 Å². The van der Waals surface area contributed by atoms with Crippen LogP contribution in [-0.4, -0.2) is 19.0 Å². The SMILES string of the molecule is CC1CNCC(C(=O)Nc2cccc(F)c2F)C1. The Morgan fingerprint density at radius 2 is 2.17 bits per heavy atom. The third-order valence-electron chi connectivity index (χ3n) is 3.15. The van der Waals surface area contributed by atoms with Gasteiger partial charge in [-0.2, -0.15) is 0 Å². The summed E-state index contributed by atoms with van der Waals surface area (Å²) < 4.78 is 26.4. The van der Waals surface area contributed by atoms with E-state index in [0.29, 0.717) is 12.5 Å². The van der Waals surface area contributed by atoms with Crippen LogP contribution in [0, 0.1) is 23.5 Å². The lowest BCUT2D eigenvalue weighted by Gasteiger charge is -2.26. The second kappa shape index (κ2) is 5.44. The average Bonchev–Trinajstić information content (AvgIpc) is 2.35.